The molecule has 2 heteroatoms. The summed E-state index contributed by atoms with van der Waals surface area (Å²) in [6.45, 7) is 3.07. The SMILES string of the molecule is CC(=O)[C@@H](C)C(=O)c1ccccc1. The first-order chi connectivity index (χ1) is 6.13. The smallest absolute Gasteiger partial charge is 0.173 e. The minimum absolute atomic E-state index is 0.0890. The van der Waals surface area contributed by atoms with Crippen LogP contribution in [0.4, 0.5) is 0 Å². The van der Waals surface area contributed by atoms with Gasteiger partial charge in [-0.15, -0.1) is 0 Å². The van der Waals surface area contributed by atoms with Crippen molar-refractivity contribution in [3.63, 3.8) is 0 Å². The van der Waals surface area contributed by atoms with E-state index in [4.69, 9.17) is 0 Å². The van der Waals surface area contributed by atoms with Crippen LogP contribution in [0.15, 0.2) is 30.3 Å². The summed E-state index contributed by atoms with van der Waals surface area (Å²) in [6.07, 6.45) is 0. The van der Waals surface area contributed by atoms with Gasteiger partial charge in [0.2, 0.25) is 0 Å². The molecule has 0 saturated carbocycles. The standard InChI is InChI=1S/C11H12O2/c1-8(9(2)12)11(13)10-6-4-3-5-7-10/h3-8H,1-2H3/t8-/m1/s1. The Bertz CT molecular complexity index is 314. The van der Waals surface area contributed by atoms with Gasteiger partial charge in [-0.3, -0.25) is 9.59 Å². The van der Waals surface area contributed by atoms with Crippen LogP contribution in [-0.4, -0.2) is 11.6 Å². The molecule has 0 amide bonds. The lowest BCUT2D eigenvalue weighted by Crippen LogP contribution is -2.18. The van der Waals surface area contributed by atoms with Gasteiger partial charge in [-0.1, -0.05) is 30.3 Å². The van der Waals surface area contributed by atoms with Crippen molar-refractivity contribution in [1.29, 1.82) is 0 Å². The number of hydrogen-bond acceptors (Lipinski definition) is 2. The van der Waals surface area contributed by atoms with Crippen molar-refractivity contribution < 1.29 is 9.59 Å². The highest BCUT2D eigenvalue weighted by Gasteiger charge is 2.18. The molecule has 68 valence electrons. The van der Waals surface area contributed by atoms with Crippen LogP contribution in [-0.2, 0) is 4.79 Å². The molecular weight excluding hydrogens is 164 g/mol. The van der Waals surface area contributed by atoms with E-state index < -0.39 is 5.92 Å². The molecule has 0 saturated heterocycles. The van der Waals surface area contributed by atoms with E-state index in [1.807, 2.05) is 6.07 Å². The van der Waals surface area contributed by atoms with E-state index in [1.165, 1.54) is 6.92 Å². The van der Waals surface area contributed by atoms with Gasteiger partial charge in [0, 0.05) is 5.56 Å². The third-order valence-corrected chi connectivity index (χ3v) is 2.06. The van der Waals surface area contributed by atoms with Gasteiger partial charge in [0.15, 0.2) is 5.78 Å². The molecule has 1 aromatic rings. The molecule has 0 spiro atoms. The van der Waals surface area contributed by atoms with Crippen molar-refractivity contribution in [3.05, 3.63) is 35.9 Å². The molecule has 1 rings (SSSR count). The van der Waals surface area contributed by atoms with Crippen LogP contribution in [0.5, 0.6) is 0 Å². The first-order valence-corrected chi connectivity index (χ1v) is 4.22. The average molecular weight is 176 g/mol. The van der Waals surface area contributed by atoms with Crippen molar-refractivity contribution in [2.24, 2.45) is 5.92 Å². The van der Waals surface area contributed by atoms with E-state index in [1.54, 1.807) is 31.2 Å². The fourth-order valence-corrected chi connectivity index (χ4v) is 1.04. The van der Waals surface area contributed by atoms with Crippen LogP contribution in [0.25, 0.3) is 0 Å². The zero-order valence-corrected chi connectivity index (χ0v) is 7.78. The number of carbonyl (C=O) groups is 2. The molecule has 0 aromatic heterocycles. The first-order valence-electron chi connectivity index (χ1n) is 4.22. The summed E-state index contributed by atoms with van der Waals surface area (Å²) in [5, 5.41) is 0. The molecule has 2 nitrogen and oxygen atoms in total. The van der Waals surface area contributed by atoms with Crippen molar-refractivity contribution in [3.8, 4) is 0 Å². The lowest BCUT2D eigenvalue weighted by Gasteiger charge is -2.05. The Morgan fingerprint density at radius 1 is 1.15 bits per heavy atom. The third-order valence-electron chi connectivity index (χ3n) is 2.06. The topological polar surface area (TPSA) is 34.1 Å². The van der Waals surface area contributed by atoms with Gasteiger partial charge in [0.05, 0.1) is 5.92 Å². The van der Waals surface area contributed by atoms with E-state index in [9.17, 15) is 9.59 Å². The van der Waals surface area contributed by atoms with Crippen LogP contribution in [0.3, 0.4) is 0 Å². The average Bonchev–Trinajstić information content (AvgIpc) is 2.17. The second-order valence-corrected chi connectivity index (χ2v) is 3.06. The van der Waals surface area contributed by atoms with Gasteiger partial charge >= 0.3 is 0 Å². The monoisotopic (exact) mass is 176 g/mol. The van der Waals surface area contributed by atoms with Gasteiger partial charge in [-0.05, 0) is 13.8 Å². The molecule has 0 aliphatic rings. The Morgan fingerprint density at radius 2 is 1.69 bits per heavy atom. The fourth-order valence-electron chi connectivity index (χ4n) is 1.04. The van der Waals surface area contributed by atoms with Crippen LogP contribution < -0.4 is 0 Å². The van der Waals surface area contributed by atoms with E-state index >= 15 is 0 Å². The summed E-state index contributed by atoms with van der Waals surface area (Å²) in [5.41, 5.74) is 0.602. The summed E-state index contributed by atoms with van der Waals surface area (Å²) in [7, 11) is 0. The Hall–Kier alpha value is -1.44. The van der Waals surface area contributed by atoms with Gasteiger partial charge in [0.25, 0.3) is 0 Å². The van der Waals surface area contributed by atoms with Crippen LogP contribution in [0.2, 0.25) is 0 Å². The lowest BCUT2D eigenvalue weighted by atomic mass is 9.96. The highest BCUT2D eigenvalue weighted by Crippen LogP contribution is 2.08. The zero-order chi connectivity index (χ0) is 9.84. The number of hydrogen-bond donors (Lipinski definition) is 0. The van der Waals surface area contributed by atoms with Crippen molar-refractivity contribution >= 4 is 11.6 Å². The van der Waals surface area contributed by atoms with Crippen molar-refractivity contribution in [1.82, 2.24) is 0 Å². The maximum atomic E-state index is 11.6. The number of Topliss-reactive ketones (excluding diaryl/α,β-unsaturated/α-hetero) is 2. The molecule has 0 unspecified atom stereocenters. The molecule has 0 fully saturated rings. The Kier molecular flexibility index (Phi) is 2.96. The summed E-state index contributed by atoms with van der Waals surface area (Å²) in [4.78, 5) is 22.5. The van der Waals surface area contributed by atoms with Gasteiger partial charge < -0.3 is 0 Å². The summed E-state index contributed by atoms with van der Waals surface area (Å²) in [6, 6.07) is 8.87. The normalized spacial score (nSPS) is 12.2. The van der Waals surface area contributed by atoms with E-state index in [0.717, 1.165) is 0 Å². The highest BCUT2D eigenvalue weighted by atomic mass is 16.1. The molecular formula is C11H12O2. The lowest BCUT2D eigenvalue weighted by molar-refractivity contribution is -0.118. The fraction of sp³-hybridized carbons (Fsp3) is 0.273. The molecule has 0 N–H and O–H groups in total. The highest BCUT2D eigenvalue weighted by molar-refractivity contribution is 6.09. The van der Waals surface area contributed by atoms with E-state index in [-0.39, 0.29) is 11.6 Å². The molecule has 0 aliphatic heterocycles. The second-order valence-electron chi connectivity index (χ2n) is 3.06. The van der Waals surface area contributed by atoms with E-state index in [0.29, 0.717) is 5.56 Å². The number of ketones is 2. The Morgan fingerprint density at radius 3 is 2.15 bits per heavy atom. The quantitative estimate of drug-likeness (QED) is 0.522. The van der Waals surface area contributed by atoms with Crippen LogP contribution in [0.1, 0.15) is 24.2 Å². The molecule has 0 bridgehead atoms. The zero-order valence-electron chi connectivity index (χ0n) is 7.78. The number of carbonyl (C=O) groups excluding carboxylic acids is 2. The van der Waals surface area contributed by atoms with Crippen molar-refractivity contribution in [2.75, 3.05) is 0 Å². The second kappa shape index (κ2) is 3.99. The maximum absolute atomic E-state index is 11.6. The molecule has 13 heavy (non-hydrogen) atoms. The van der Waals surface area contributed by atoms with Crippen LogP contribution in [0, 0.1) is 5.92 Å². The van der Waals surface area contributed by atoms with Crippen molar-refractivity contribution in [2.45, 2.75) is 13.8 Å². The summed E-state index contributed by atoms with van der Waals surface area (Å²) >= 11 is 0. The maximum Gasteiger partial charge on any atom is 0.173 e. The molecule has 1 atom stereocenters. The molecule has 0 radical (unpaired) electrons. The Labute approximate surface area is 77.6 Å². The number of rotatable bonds is 3. The van der Waals surface area contributed by atoms with Crippen LogP contribution >= 0.6 is 0 Å². The number of benzene rings is 1. The summed E-state index contributed by atoms with van der Waals surface area (Å²) < 4.78 is 0. The minimum atomic E-state index is -0.526. The summed E-state index contributed by atoms with van der Waals surface area (Å²) in [5.74, 6) is -0.718. The molecule has 0 heterocycles. The van der Waals surface area contributed by atoms with Gasteiger partial charge in [-0.25, -0.2) is 0 Å². The third kappa shape index (κ3) is 2.25. The van der Waals surface area contributed by atoms with Gasteiger partial charge in [0.1, 0.15) is 5.78 Å². The molecule has 1 aromatic carbocycles. The Balaban J connectivity index is 2.86. The largest absolute Gasteiger partial charge is 0.299 e. The minimum Gasteiger partial charge on any atom is -0.299 e. The predicted molar refractivity (Wildman–Crippen MR) is 50.6 cm³/mol. The predicted octanol–water partition coefficient (Wildman–Crippen LogP) is 2.09. The molecule has 0 aliphatic carbocycles. The van der Waals surface area contributed by atoms with Gasteiger partial charge in [-0.2, -0.15) is 0 Å². The first kappa shape index (κ1) is 9.65. The van der Waals surface area contributed by atoms with E-state index in [2.05, 4.69) is 0 Å².